The Morgan fingerprint density at radius 1 is 1.00 bits per heavy atom. The van der Waals surface area contributed by atoms with E-state index in [1.54, 1.807) is 24.5 Å². The number of amides is 1. The van der Waals surface area contributed by atoms with Gasteiger partial charge in [-0.15, -0.1) is 0 Å². The van der Waals surface area contributed by atoms with Gasteiger partial charge in [0.25, 0.3) is 5.91 Å². The number of nitrogens with one attached hydrogen (secondary N) is 2. The number of carbonyl (C=O) groups is 1. The van der Waals surface area contributed by atoms with Crippen molar-refractivity contribution in [3.63, 3.8) is 0 Å². The van der Waals surface area contributed by atoms with Gasteiger partial charge in [0.05, 0.1) is 6.54 Å². The van der Waals surface area contributed by atoms with Crippen LogP contribution in [0.15, 0.2) is 78.0 Å². The minimum absolute atomic E-state index is 0.207. The van der Waals surface area contributed by atoms with Crippen LogP contribution in [-0.4, -0.2) is 16.9 Å². The van der Waals surface area contributed by atoms with E-state index < -0.39 is 0 Å². The molecule has 0 aliphatic carbocycles. The fraction of sp³-hybridized carbons (Fsp3) is 0.136. The summed E-state index contributed by atoms with van der Waals surface area (Å²) in [7, 11) is 0. The molecule has 0 bridgehead atoms. The maximum Gasteiger partial charge on any atom is 0.257 e. The number of hydrogen-bond donors (Lipinski definition) is 2. The van der Waals surface area contributed by atoms with E-state index in [0.29, 0.717) is 18.1 Å². The van der Waals surface area contributed by atoms with E-state index in [0.717, 1.165) is 16.8 Å². The highest BCUT2D eigenvalue weighted by Crippen LogP contribution is 2.16. The summed E-state index contributed by atoms with van der Waals surface area (Å²) in [4.78, 5) is 21.1. The Morgan fingerprint density at radius 3 is 2.44 bits per heavy atom. The van der Waals surface area contributed by atoms with Crippen LogP contribution in [0.5, 0.6) is 0 Å². The summed E-state index contributed by atoms with van der Waals surface area (Å²) in [6.45, 7) is 4.51. The van der Waals surface area contributed by atoms with Gasteiger partial charge in [0.1, 0.15) is 0 Å². The number of nitrogens with zero attached hydrogens (tertiary/aromatic N) is 2. The van der Waals surface area contributed by atoms with Gasteiger partial charge < -0.3 is 5.32 Å². The Bertz CT molecular complexity index is 937. The smallest absolute Gasteiger partial charge is 0.257 e. The fourth-order valence-corrected chi connectivity index (χ4v) is 2.62. The zero-order valence-electron chi connectivity index (χ0n) is 15.4. The number of aliphatic imine (C=N–C) groups is 1. The highest BCUT2D eigenvalue weighted by molar-refractivity contribution is 6.10. The predicted molar refractivity (Wildman–Crippen MR) is 109 cm³/mol. The zero-order valence-corrected chi connectivity index (χ0v) is 15.4. The highest BCUT2D eigenvalue weighted by Gasteiger charge is 2.10. The molecule has 0 spiro atoms. The van der Waals surface area contributed by atoms with Crippen molar-refractivity contribution in [2.24, 2.45) is 4.99 Å². The normalized spacial score (nSPS) is 11.1. The van der Waals surface area contributed by atoms with E-state index in [4.69, 9.17) is 0 Å². The number of pyridine rings is 1. The number of rotatable bonds is 4. The number of aryl methyl sites for hydroxylation is 2. The Morgan fingerprint density at radius 2 is 1.74 bits per heavy atom. The van der Waals surface area contributed by atoms with E-state index in [9.17, 15) is 4.79 Å². The number of benzene rings is 2. The van der Waals surface area contributed by atoms with Crippen LogP contribution in [0, 0.1) is 13.8 Å². The van der Waals surface area contributed by atoms with Crippen molar-refractivity contribution >= 4 is 17.6 Å². The number of guanidine groups is 1. The molecular weight excluding hydrogens is 336 g/mol. The Labute approximate surface area is 159 Å². The molecule has 1 heterocycles. The second-order valence-electron chi connectivity index (χ2n) is 6.28. The third-order valence-corrected chi connectivity index (χ3v) is 4.07. The first-order chi connectivity index (χ1) is 13.1. The molecule has 27 heavy (non-hydrogen) atoms. The molecule has 0 aliphatic rings. The summed E-state index contributed by atoms with van der Waals surface area (Å²) in [5.41, 5.74) is 4.76. The minimum atomic E-state index is -0.207. The predicted octanol–water partition coefficient (Wildman–Crippen LogP) is 4.10. The van der Waals surface area contributed by atoms with Gasteiger partial charge in [0.15, 0.2) is 0 Å². The van der Waals surface area contributed by atoms with Crippen LogP contribution in [-0.2, 0) is 6.54 Å². The average Bonchev–Trinajstić information content (AvgIpc) is 2.69. The largest absolute Gasteiger partial charge is 0.326 e. The Hall–Kier alpha value is -3.47. The lowest BCUT2D eigenvalue weighted by molar-refractivity contribution is 0.0977. The summed E-state index contributed by atoms with van der Waals surface area (Å²) >= 11 is 0. The van der Waals surface area contributed by atoms with Gasteiger partial charge in [0, 0.05) is 23.6 Å². The molecule has 3 rings (SSSR count). The molecule has 2 aromatic carbocycles. The monoisotopic (exact) mass is 358 g/mol. The van der Waals surface area contributed by atoms with E-state index in [1.165, 1.54) is 5.56 Å². The average molecular weight is 358 g/mol. The molecule has 1 amide bonds. The van der Waals surface area contributed by atoms with Crippen molar-refractivity contribution in [2.75, 3.05) is 5.32 Å². The van der Waals surface area contributed by atoms with Gasteiger partial charge in [0.2, 0.25) is 5.96 Å². The van der Waals surface area contributed by atoms with Crippen molar-refractivity contribution in [3.8, 4) is 0 Å². The van der Waals surface area contributed by atoms with Gasteiger partial charge >= 0.3 is 0 Å². The number of aromatic nitrogens is 1. The third-order valence-electron chi connectivity index (χ3n) is 4.07. The van der Waals surface area contributed by atoms with Gasteiger partial charge in [-0.25, -0.2) is 4.99 Å². The van der Waals surface area contributed by atoms with E-state index in [1.807, 2.05) is 56.3 Å². The van der Waals surface area contributed by atoms with Crippen LogP contribution in [0.2, 0.25) is 0 Å². The molecule has 0 aliphatic heterocycles. The van der Waals surface area contributed by atoms with Crippen LogP contribution < -0.4 is 10.6 Å². The highest BCUT2D eigenvalue weighted by atomic mass is 16.1. The van der Waals surface area contributed by atoms with Gasteiger partial charge in [-0.3, -0.25) is 15.1 Å². The molecule has 0 atom stereocenters. The molecule has 2 N–H and O–H groups in total. The van der Waals surface area contributed by atoms with Crippen molar-refractivity contribution in [1.82, 2.24) is 10.3 Å². The molecule has 0 saturated carbocycles. The van der Waals surface area contributed by atoms with Gasteiger partial charge in [-0.05, 0) is 55.3 Å². The third kappa shape index (κ3) is 5.25. The van der Waals surface area contributed by atoms with Crippen LogP contribution in [0.3, 0.4) is 0 Å². The number of anilines is 1. The summed E-state index contributed by atoms with van der Waals surface area (Å²) in [5, 5.41) is 6.13. The second-order valence-corrected chi connectivity index (χ2v) is 6.28. The van der Waals surface area contributed by atoms with Crippen molar-refractivity contribution < 1.29 is 4.79 Å². The molecular formula is C22H22N4O. The first-order valence-electron chi connectivity index (χ1n) is 8.76. The maximum absolute atomic E-state index is 12.6. The standard InChI is InChI=1S/C22H22N4O/c1-16-8-9-20(17(2)14-16)25-22(24-15-18-10-12-23-13-11-18)26-21(27)19-6-4-3-5-7-19/h3-14H,15H2,1-2H3,(H2,24,25,26,27). The molecule has 1 aromatic heterocycles. The molecule has 5 heteroatoms. The minimum Gasteiger partial charge on any atom is -0.326 e. The van der Waals surface area contributed by atoms with Gasteiger partial charge in [-0.1, -0.05) is 35.9 Å². The second kappa shape index (κ2) is 8.76. The number of carbonyl (C=O) groups excluding carboxylic acids is 1. The number of hydrogen-bond acceptors (Lipinski definition) is 3. The summed E-state index contributed by atoms with van der Waals surface area (Å²) in [6.07, 6.45) is 3.45. The molecule has 3 aromatic rings. The van der Waals surface area contributed by atoms with Crippen molar-refractivity contribution in [1.29, 1.82) is 0 Å². The maximum atomic E-state index is 12.6. The SMILES string of the molecule is Cc1ccc(NC(=NCc2ccncc2)NC(=O)c2ccccc2)c(C)c1. The van der Waals surface area contributed by atoms with E-state index in [-0.39, 0.29) is 5.91 Å². The first kappa shape index (κ1) is 18.3. The Kier molecular flexibility index (Phi) is 5.94. The molecule has 0 saturated heterocycles. The van der Waals surface area contributed by atoms with Crippen LogP contribution in [0.25, 0.3) is 0 Å². The van der Waals surface area contributed by atoms with Crippen molar-refractivity contribution in [3.05, 3.63) is 95.3 Å². The molecule has 0 radical (unpaired) electrons. The molecule has 136 valence electrons. The first-order valence-corrected chi connectivity index (χ1v) is 8.76. The lowest BCUT2D eigenvalue weighted by atomic mass is 10.1. The molecule has 0 unspecified atom stereocenters. The van der Waals surface area contributed by atoms with Crippen LogP contribution >= 0.6 is 0 Å². The van der Waals surface area contributed by atoms with E-state index in [2.05, 4.69) is 26.7 Å². The van der Waals surface area contributed by atoms with Crippen LogP contribution in [0.4, 0.5) is 5.69 Å². The fourth-order valence-electron chi connectivity index (χ4n) is 2.62. The summed E-state index contributed by atoms with van der Waals surface area (Å²) in [5.74, 6) is 0.203. The molecule has 0 fully saturated rings. The molecule has 5 nitrogen and oxygen atoms in total. The summed E-state index contributed by atoms with van der Waals surface area (Å²) in [6, 6.07) is 19.0. The lowest BCUT2D eigenvalue weighted by Crippen LogP contribution is -2.36. The van der Waals surface area contributed by atoms with Crippen LogP contribution in [0.1, 0.15) is 27.0 Å². The quantitative estimate of drug-likeness (QED) is 0.545. The van der Waals surface area contributed by atoms with Crippen molar-refractivity contribution in [2.45, 2.75) is 20.4 Å². The Balaban J connectivity index is 1.82. The van der Waals surface area contributed by atoms with Gasteiger partial charge in [-0.2, -0.15) is 0 Å². The topological polar surface area (TPSA) is 66.4 Å². The zero-order chi connectivity index (χ0) is 19.1. The summed E-state index contributed by atoms with van der Waals surface area (Å²) < 4.78 is 0. The van der Waals surface area contributed by atoms with E-state index >= 15 is 0 Å². The lowest BCUT2D eigenvalue weighted by Gasteiger charge is -2.14.